The van der Waals surface area contributed by atoms with E-state index in [4.69, 9.17) is 17.0 Å². The summed E-state index contributed by atoms with van der Waals surface area (Å²) >= 11 is 5.20. The minimum atomic E-state index is -4.57. The fourth-order valence-electron chi connectivity index (χ4n) is 2.60. The Hall–Kier alpha value is -1.94. The van der Waals surface area contributed by atoms with E-state index < -0.39 is 12.5 Å². The zero-order valence-electron chi connectivity index (χ0n) is 12.9. The standard InChI is InChI=1S/C15H15F4N3O2S/c16-13(17)15(18,19)24-10-4-1-3-9(7-10)12-20-21-14(25)22(12)8-11-5-2-6-23-11/h1,3-4,7,11,13H,2,5-6,8H2,(H,21,25)/t11-/m0/s1. The van der Waals surface area contributed by atoms with Crippen LogP contribution in [0.2, 0.25) is 0 Å². The van der Waals surface area contributed by atoms with Crippen LogP contribution in [0.4, 0.5) is 17.6 Å². The van der Waals surface area contributed by atoms with Gasteiger partial charge in [-0.15, -0.1) is 0 Å². The second-order valence-electron chi connectivity index (χ2n) is 5.59. The van der Waals surface area contributed by atoms with Crippen molar-refractivity contribution in [3.05, 3.63) is 29.0 Å². The Labute approximate surface area is 145 Å². The van der Waals surface area contributed by atoms with Crippen LogP contribution in [0.15, 0.2) is 24.3 Å². The molecule has 1 fully saturated rings. The predicted molar refractivity (Wildman–Crippen MR) is 83.4 cm³/mol. The van der Waals surface area contributed by atoms with E-state index in [0.29, 0.717) is 29.3 Å². The van der Waals surface area contributed by atoms with Crippen molar-refractivity contribution < 1.29 is 27.0 Å². The zero-order valence-corrected chi connectivity index (χ0v) is 13.7. The Morgan fingerprint density at radius 3 is 2.92 bits per heavy atom. The number of nitrogens with zero attached hydrogens (tertiary/aromatic N) is 2. The van der Waals surface area contributed by atoms with Gasteiger partial charge in [0.25, 0.3) is 0 Å². The van der Waals surface area contributed by atoms with Crippen molar-refractivity contribution in [2.24, 2.45) is 0 Å². The minimum absolute atomic E-state index is 0.00866. The average molecular weight is 377 g/mol. The number of nitrogens with one attached hydrogen (secondary N) is 1. The summed E-state index contributed by atoms with van der Waals surface area (Å²) in [5.41, 5.74) is 0.410. The largest absolute Gasteiger partial charge is 0.461 e. The molecule has 2 aromatic rings. The first kappa shape index (κ1) is 17.9. The normalized spacial score (nSPS) is 18.0. The summed E-state index contributed by atoms with van der Waals surface area (Å²) < 4.78 is 62.5. The quantitative estimate of drug-likeness (QED) is 0.610. The first-order valence-electron chi connectivity index (χ1n) is 7.59. The van der Waals surface area contributed by atoms with Gasteiger partial charge in [-0.2, -0.15) is 22.7 Å². The summed E-state index contributed by atoms with van der Waals surface area (Å²) in [5.74, 6) is 0.00620. The third kappa shape index (κ3) is 4.01. The monoisotopic (exact) mass is 377 g/mol. The van der Waals surface area contributed by atoms with E-state index in [-0.39, 0.29) is 11.9 Å². The predicted octanol–water partition coefficient (Wildman–Crippen LogP) is 4.02. The molecule has 5 nitrogen and oxygen atoms in total. The highest BCUT2D eigenvalue weighted by Gasteiger charge is 2.44. The number of hydrogen-bond acceptors (Lipinski definition) is 4. The summed E-state index contributed by atoms with van der Waals surface area (Å²) in [4.78, 5) is 0. The Balaban J connectivity index is 1.87. The lowest BCUT2D eigenvalue weighted by atomic mass is 10.2. The Morgan fingerprint density at radius 2 is 2.24 bits per heavy atom. The van der Waals surface area contributed by atoms with Crippen molar-refractivity contribution in [1.29, 1.82) is 0 Å². The van der Waals surface area contributed by atoms with Crippen LogP contribution in [0.3, 0.4) is 0 Å². The topological polar surface area (TPSA) is 52.1 Å². The molecule has 1 aromatic carbocycles. The number of halogens is 4. The lowest BCUT2D eigenvalue weighted by molar-refractivity contribution is -0.253. The third-order valence-corrected chi connectivity index (χ3v) is 4.08. The van der Waals surface area contributed by atoms with Crippen LogP contribution in [0.1, 0.15) is 12.8 Å². The maximum atomic E-state index is 13.1. The van der Waals surface area contributed by atoms with Gasteiger partial charge >= 0.3 is 12.5 Å². The van der Waals surface area contributed by atoms with Crippen LogP contribution in [-0.4, -0.2) is 40.0 Å². The number of rotatable bonds is 6. The molecule has 0 radical (unpaired) electrons. The fraction of sp³-hybridized carbons (Fsp3) is 0.467. The molecule has 3 rings (SSSR count). The third-order valence-electron chi connectivity index (χ3n) is 3.77. The van der Waals surface area contributed by atoms with E-state index >= 15 is 0 Å². The molecular weight excluding hydrogens is 362 g/mol. The highest BCUT2D eigenvalue weighted by atomic mass is 32.1. The van der Waals surface area contributed by atoms with Gasteiger partial charge in [-0.05, 0) is 37.2 Å². The number of ether oxygens (including phenoxy) is 2. The van der Waals surface area contributed by atoms with Gasteiger partial charge in [0.15, 0.2) is 10.6 Å². The lowest BCUT2D eigenvalue weighted by Crippen LogP contribution is -2.33. The number of H-pyrrole nitrogens is 1. The maximum Gasteiger partial charge on any atom is 0.461 e. The molecule has 10 heteroatoms. The zero-order chi connectivity index (χ0) is 18.0. The smallest absolute Gasteiger partial charge is 0.428 e. The number of aromatic nitrogens is 3. The molecule has 0 spiro atoms. The van der Waals surface area contributed by atoms with Crippen molar-refractivity contribution >= 4 is 12.2 Å². The second-order valence-corrected chi connectivity index (χ2v) is 5.98. The SMILES string of the molecule is FC(F)C(F)(F)Oc1cccc(-c2n[nH]c(=S)n2C[C@@H]2CCCO2)c1. The first-order chi connectivity index (χ1) is 11.9. The number of alkyl halides is 4. The molecule has 1 atom stereocenters. The number of aromatic amines is 1. The highest BCUT2D eigenvalue weighted by molar-refractivity contribution is 7.71. The van der Waals surface area contributed by atoms with Crippen molar-refractivity contribution in [3.63, 3.8) is 0 Å². The Kier molecular flexibility index (Phi) is 5.09. The molecule has 1 aromatic heterocycles. The molecule has 2 heterocycles. The average Bonchev–Trinajstić information content (AvgIpc) is 3.18. The van der Waals surface area contributed by atoms with Crippen molar-refractivity contribution in [1.82, 2.24) is 14.8 Å². The molecule has 1 aliphatic heterocycles. The molecule has 0 bridgehead atoms. The second kappa shape index (κ2) is 7.12. The minimum Gasteiger partial charge on any atom is -0.428 e. The molecule has 136 valence electrons. The molecule has 0 unspecified atom stereocenters. The van der Waals surface area contributed by atoms with Gasteiger partial charge < -0.3 is 9.47 Å². The number of hydrogen-bond donors (Lipinski definition) is 1. The summed E-state index contributed by atoms with van der Waals surface area (Å²) in [6, 6.07) is 5.41. The molecule has 1 N–H and O–H groups in total. The highest BCUT2D eigenvalue weighted by Crippen LogP contribution is 2.30. The van der Waals surface area contributed by atoms with Crippen LogP contribution < -0.4 is 4.74 Å². The van der Waals surface area contributed by atoms with Crippen molar-refractivity contribution in [2.75, 3.05) is 6.61 Å². The van der Waals surface area contributed by atoms with E-state index in [2.05, 4.69) is 14.9 Å². The van der Waals surface area contributed by atoms with Crippen LogP contribution >= 0.6 is 12.2 Å². The summed E-state index contributed by atoms with van der Waals surface area (Å²) in [7, 11) is 0. The van der Waals surface area contributed by atoms with Crippen LogP contribution in [-0.2, 0) is 11.3 Å². The van der Waals surface area contributed by atoms with E-state index in [1.54, 1.807) is 10.6 Å². The molecule has 0 amide bonds. The van der Waals surface area contributed by atoms with Crippen molar-refractivity contribution in [2.45, 2.75) is 38.0 Å². The van der Waals surface area contributed by atoms with Gasteiger partial charge in [-0.25, -0.2) is 0 Å². The summed E-state index contributed by atoms with van der Waals surface area (Å²) in [6.07, 6.45) is -6.66. The van der Waals surface area contributed by atoms with E-state index in [9.17, 15) is 17.6 Å². The van der Waals surface area contributed by atoms with Crippen molar-refractivity contribution in [3.8, 4) is 17.1 Å². The van der Waals surface area contributed by atoms with Gasteiger partial charge in [-0.3, -0.25) is 9.67 Å². The van der Waals surface area contributed by atoms with E-state index in [1.807, 2.05) is 0 Å². The molecule has 1 saturated heterocycles. The molecule has 0 aliphatic carbocycles. The van der Waals surface area contributed by atoms with Gasteiger partial charge in [0.05, 0.1) is 12.6 Å². The van der Waals surface area contributed by atoms with Gasteiger partial charge in [-0.1, -0.05) is 12.1 Å². The number of benzene rings is 1. The summed E-state index contributed by atoms with van der Waals surface area (Å²) in [6.45, 7) is 1.14. The van der Waals surface area contributed by atoms with E-state index in [1.165, 1.54) is 18.2 Å². The lowest BCUT2D eigenvalue weighted by Gasteiger charge is -2.17. The van der Waals surface area contributed by atoms with E-state index in [0.717, 1.165) is 12.8 Å². The maximum absolute atomic E-state index is 13.1. The fourth-order valence-corrected chi connectivity index (χ4v) is 2.81. The molecule has 0 saturated carbocycles. The van der Waals surface area contributed by atoms with Crippen LogP contribution in [0, 0.1) is 4.77 Å². The van der Waals surface area contributed by atoms with Crippen LogP contribution in [0.25, 0.3) is 11.4 Å². The van der Waals surface area contributed by atoms with Gasteiger partial charge in [0.1, 0.15) is 5.75 Å². The molecule has 1 aliphatic rings. The molecule has 25 heavy (non-hydrogen) atoms. The Bertz CT molecular complexity index is 787. The molecular formula is C15H15F4N3O2S. The van der Waals surface area contributed by atoms with Crippen LogP contribution in [0.5, 0.6) is 5.75 Å². The first-order valence-corrected chi connectivity index (χ1v) is 8.00. The van der Waals surface area contributed by atoms with Gasteiger partial charge in [0.2, 0.25) is 0 Å². The Morgan fingerprint density at radius 1 is 1.44 bits per heavy atom. The van der Waals surface area contributed by atoms with Gasteiger partial charge in [0, 0.05) is 12.2 Å². The summed E-state index contributed by atoms with van der Waals surface area (Å²) in [5, 5.41) is 6.75.